The second-order valence-electron chi connectivity index (χ2n) is 7.19. The molecule has 0 radical (unpaired) electrons. The molecule has 1 heterocycles. The van der Waals surface area contributed by atoms with Gasteiger partial charge < -0.3 is 14.2 Å². The van der Waals surface area contributed by atoms with E-state index in [0.717, 1.165) is 31.9 Å². The van der Waals surface area contributed by atoms with Crippen molar-refractivity contribution >= 4 is 62.3 Å². The van der Waals surface area contributed by atoms with Gasteiger partial charge in [0.2, 0.25) is 0 Å². The van der Waals surface area contributed by atoms with Crippen molar-refractivity contribution in [2.24, 2.45) is 0 Å². The number of hydrogen-bond donors (Lipinski definition) is 0. The van der Waals surface area contributed by atoms with Crippen molar-refractivity contribution in [2.45, 2.75) is 0 Å². The zero-order valence-electron chi connectivity index (χ0n) is 18.2. The highest BCUT2D eigenvalue weighted by molar-refractivity contribution is 14.1. The summed E-state index contributed by atoms with van der Waals surface area (Å²) in [5.41, 5.74) is 0.715. The second kappa shape index (κ2) is 10.8. The number of thioether (sulfide) groups is 1. The van der Waals surface area contributed by atoms with Gasteiger partial charge in [-0.2, -0.15) is 0 Å². The van der Waals surface area contributed by atoms with Crippen molar-refractivity contribution in [1.29, 1.82) is 0 Å². The molecule has 8 heteroatoms. The standard InChI is InChI=1S/C26H20INO5S/c1-3-12-33-24-20(27)14-17(15-22(24)31-2)16-23-25(29)28(26(30)34-23)11-13-32-21-10-6-8-18-7-4-5-9-19(18)21/h1,4-10,14-16H,11-13H2,2H3/b23-16-. The predicted octanol–water partition coefficient (Wildman–Crippen LogP) is 5.58. The molecule has 0 aliphatic carbocycles. The number of nitrogens with zero attached hydrogens (tertiary/aromatic N) is 1. The summed E-state index contributed by atoms with van der Waals surface area (Å²) >= 11 is 3.02. The van der Waals surface area contributed by atoms with Crippen LogP contribution in [0.3, 0.4) is 0 Å². The second-order valence-corrected chi connectivity index (χ2v) is 9.34. The molecular weight excluding hydrogens is 565 g/mol. The first-order valence-corrected chi connectivity index (χ1v) is 12.2. The number of hydrogen-bond acceptors (Lipinski definition) is 6. The molecule has 0 saturated carbocycles. The number of methoxy groups -OCH3 is 1. The Morgan fingerprint density at radius 3 is 2.68 bits per heavy atom. The van der Waals surface area contributed by atoms with E-state index < -0.39 is 0 Å². The van der Waals surface area contributed by atoms with Crippen molar-refractivity contribution in [3.63, 3.8) is 0 Å². The molecule has 4 rings (SSSR count). The largest absolute Gasteiger partial charge is 0.493 e. The maximum Gasteiger partial charge on any atom is 0.293 e. The average Bonchev–Trinajstić information content (AvgIpc) is 3.10. The first kappa shape index (κ1) is 24.0. The van der Waals surface area contributed by atoms with Crippen LogP contribution in [0, 0.1) is 15.9 Å². The number of halogens is 1. The third-order valence-electron chi connectivity index (χ3n) is 5.05. The Hall–Kier alpha value is -3.16. The van der Waals surface area contributed by atoms with Gasteiger partial charge in [-0.3, -0.25) is 14.5 Å². The minimum atomic E-state index is -0.349. The lowest BCUT2D eigenvalue weighted by atomic mass is 10.1. The Labute approximate surface area is 215 Å². The summed E-state index contributed by atoms with van der Waals surface area (Å²) in [6, 6.07) is 17.3. The Morgan fingerprint density at radius 2 is 1.88 bits per heavy atom. The molecule has 6 nitrogen and oxygen atoms in total. The maximum atomic E-state index is 12.9. The number of carbonyl (C=O) groups excluding carboxylic acids is 2. The number of benzene rings is 3. The van der Waals surface area contributed by atoms with Crippen LogP contribution in [0.15, 0.2) is 59.5 Å². The molecular formula is C26H20INO5S. The molecule has 1 fully saturated rings. The van der Waals surface area contributed by atoms with Crippen LogP contribution >= 0.6 is 34.4 Å². The Balaban J connectivity index is 1.46. The SMILES string of the molecule is C#CCOc1c(I)cc(/C=C2\SC(=O)N(CCOc3cccc4ccccc34)C2=O)cc1OC. The van der Waals surface area contributed by atoms with E-state index in [1.165, 1.54) is 12.0 Å². The van der Waals surface area contributed by atoms with Gasteiger partial charge in [-0.25, -0.2) is 0 Å². The molecule has 1 aliphatic heterocycles. The molecule has 0 N–H and O–H groups in total. The van der Waals surface area contributed by atoms with Crippen molar-refractivity contribution in [3.8, 4) is 29.6 Å². The van der Waals surface area contributed by atoms with Gasteiger partial charge in [-0.15, -0.1) is 6.42 Å². The molecule has 3 aromatic carbocycles. The highest BCUT2D eigenvalue weighted by atomic mass is 127. The number of amides is 2. The van der Waals surface area contributed by atoms with Crippen LogP contribution < -0.4 is 14.2 Å². The van der Waals surface area contributed by atoms with Gasteiger partial charge in [0.05, 0.1) is 22.1 Å². The minimum absolute atomic E-state index is 0.117. The Kier molecular flexibility index (Phi) is 7.65. The molecule has 2 amide bonds. The smallest absolute Gasteiger partial charge is 0.293 e. The summed E-state index contributed by atoms with van der Waals surface area (Å²) in [7, 11) is 1.53. The fraction of sp³-hybridized carbons (Fsp3) is 0.154. The molecule has 34 heavy (non-hydrogen) atoms. The normalized spacial score (nSPS) is 14.5. The van der Waals surface area contributed by atoms with Crippen LogP contribution in [-0.4, -0.2) is 42.9 Å². The first-order valence-electron chi connectivity index (χ1n) is 10.3. The molecule has 0 atom stereocenters. The summed E-state index contributed by atoms with van der Waals surface area (Å²) in [5.74, 6) is 3.83. The zero-order valence-corrected chi connectivity index (χ0v) is 21.2. The predicted molar refractivity (Wildman–Crippen MR) is 142 cm³/mol. The third kappa shape index (κ3) is 5.16. The van der Waals surface area contributed by atoms with Gasteiger partial charge in [-0.1, -0.05) is 42.3 Å². The Morgan fingerprint density at radius 1 is 1.09 bits per heavy atom. The average molecular weight is 585 g/mol. The van der Waals surface area contributed by atoms with E-state index in [1.807, 2.05) is 48.5 Å². The Bertz CT molecular complexity index is 1330. The van der Waals surface area contributed by atoms with Gasteiger partial charge >= 0.3 is 0 Å². The summed E-state index contributed by atoms with van der Waals surface area (Å²) in [4.78, 5) is 27.0. The molecule has 0 bridgehead atoms. The van der Waals surface area contributed by atoms with Gasteiger partial charge in [0.1, 0.15) is 19.0 Å². The molecule has 172 valence electrons. The van der Waals surface area contributed by atoms with Gasteiger partial charge in [-0.05, 0) is 69.6 Å². The highest BCUT2D eigenvalue weighted by Gasteiger charge is 2.35. The summed E-state index contributed by atoms with van der Waals surface area (Å²) in [6.07, 6.45) is 6.95. The van der Waals surface area contributed by atoms with E-state index in [9.17, 15) is 9.59 Å². The monoisotopic (exact) mass is 585 g/mol. The minimum Gasteiger partial charge on any atom is -0.493 e. The summed E-state index contributed by atoms with van der Waals surface area (Å²) < 4.78 is 17.6. The highest BCUT2D eigenvalue weighted by Crippen LogP contribution is 2.37. The fourth-order valence-electron chi connectivity index (χ4n) is 3.49. The number of imide groups is 1. The van der Waals surface area contributed by atoms with Crippen LogP contribution in [0.2, 0.25) is 0 Å². The topological polar surface area (TPSA) is 65.1 Å². The molecule has 1 saturated heterocycles. The lowest BCUT2D eigenvalue weighted by Gasteiger charge is -2.14. The van der Waals surface area contributed by atoms with Crippen molar-refractivity contribution in [2.75, 3.05) is 26.9 Å². The van der Waals surface area contributed by atoms with Gasteiger partial charge in [0.15, 0.2) is 11.5 Å². The first-order chi connectivity index (χ1) is 16.5. The summed E-state index contributed by atoms with van der Waals surface area (Å²) in [5, 5.41) is 1.72. The zero-order chi connectivity index (χ0) is 24.1. The molecule has 0 unspecified atom stereocenters. The number of terminal acetylenes is 1. The van der Waals surface area contributed by atoms with Gasteiger partial charge in [0.25, 0.3) is 11.1 Å². The number of carbonyl (C=O) groups is 2. The lowest BCUT2D eigenvalue weighted by molar-refractivity contribution is -0.123. The number of ether oxygens (including phenoxy) is 3. The van der Waals surface area contributed by atoms with E-state index in [-0.39, 0.29) is 30.9 Å². The van der Waals surface area contributed by atoms with Gasteiger partial charge in [0, 0.05) is 5.39 Å². The lowest BCUT2D eigenvalue weighted by Crippen LogP contribution is -2.32. The summed E-state index contributed by atoms with van der Waals surface area (Å²) in [6.45, 7) is 0.475. The maximum absolute atomic E-state index is 12.9. The van der Waals surface area contributed by atoms with Crippen molar-refractivity contribution < 1.29 is 23.8 Å². The van der Waals surface area contributed by atoms with Crippen LogP contribution in [0.5, 0.6) is 17.2 Å². The molecule has 3 aromatic rings. The molecule has 1 aliphatic rings. The van der Waals surface area contributed by atoms with Crippen LogP contribution in [0.1, 0.15) is 5.56 Å². The van der Waals surface area contributed by atoms with E-state index in [1.54, 1.807) is 12.1 Å². The van der Waals surface area contributed by atoms with Crippen LogP contribution in [-0.2, 0) is 4.79 Å². The molecule has 0 aromatic heterocycles. The van der Waals surface area contributed by atoms with Crippen molar-refractivity contribution in [1.82, 2.24) is 4.90 Å². The van der Waals surface area contributed by atoms with Crippen LogP contribution in [0.25, 0.3) is 16.8 Å². The van der Waals surface area contributed by atoms with Crippen LogP contribution in [0.4, 0.5) is 4.79 Å². The van der Waals surface area contributed by atoms with E-state index in [0.29, 0.717) is 22.0 Å². The molecule has 0 spiro atoms. The number of rotatable bonds is 8. The number of fused-ring (bicyclic) bond motifs is 1. The van der Waals surface area contributed by atoms with E-state index in [4.69, 9.17) is 20.6 Å². The quantitative estimate of drug-likeness (QED) is 0.196. The van der Waals surface area contributed by atoms with E-state index >= 15 is 0 Å². The third-order valence-corrected chi connectivity index (χ3v) is 6.75. The van der Waals surface area contributed by atoms with Crippen molar-refractivity contribution in [3.05, 3.63) is 68.6 Å². The fourth-order valence-corrected chi connectivity index (χ4v) is 5.14. The van der Waals surface area contributed by atoms with E-state index in [2.05, 4.69) is 28.5 Å².